The van der Waals surface area contributed by atoms with E-state index >= 15 is 0 Å². The van der Waals surface area contributed by atoms with Gasteiger partial charge in [-0.2, -0.15) is 0 Å². The largest absolute Gasteiger partial charge is 0.437 e. The van der Waals surface area contributed by atoms with Crippen LogP contribution in [-0.2, 0) is 4.79 Å². The lowest BCUT2D eigenvalue weighted by Gasteiger charge is -2.11. The fourth-order valence-electron chi connectivity index (χ4n) is 2.45. The third kappa shape index (κ3) is 3.54. The molecule has 0 bridgehead atoms. The normalized spacial score (nSPS) is 12.1. The standard InChI is InChI=1S/C19H17ClN2O2/c1-3-18(23)12(2)13-4-7-15(8-5-13)24-19-11-21-17-10-14(20)6-9-16(17)22-19/h4-12H,3H2,1-2H3. The van der Waals surface area contributed by atoms with Crippen molar-refractivity contribution in [1.29, 1.82) is 0 Å². The topological polar surface area (TPSA) is 52.1 Å². The van der Waals surface area contributed by atoms with Crippen molar-refractivity contribution in [3.63, 3.8) is 0 Å². The second kappa shape index (κ2) is 6.97. The molecule has 4 nitrogen and oxygen atoms in total. The number of hydrogen-bond acceptors (Lipinski definition) is 4. The summed E-state index contributed by atoms with van der Waals surface area (Å²) in [5.41, 5.74) is 2.42. The third-order valence-electron chi connectivity index (χ3n) is 3.92. The quantitative estimate of drug-likeness (QED) is 0.643. The van der Waals surface area contributed by atoms with Crippen LogP contribution in [0.15, 0.2) is 48.7 Å². The van der Waals surface area contributed by atoms with E-state index in [-0.39, 0.29) is 11.7 Å². The number of rotatable bonds is 5. The fourth-order valence-corrected chi connectivity index (χ4v) is 2.62. The van der Waals surface area contributed by atoms with Gasteiger partial charge in [-0.15, -0.1) is 0 Å². The molecule has 3 aromatic rings. The molecule has 1 aromatic heterocycles. The van der Waals surface area contributed by atoms with Crippen molar-refractivity contribution in [1.82, 2.24) is 9.97 Å². The number of Topliss-reactive ketones (excluding diaryl/α,β-unsaturated/α-hetero) is 1. The number of fused-ring (bicyclic) bond motifs is 1. The Kier molecular flexibility index (Phi) is 4.76. The van der Waals surface area contributed by atoms with Crippen LogP contribution in [-0.4, -0.2) is 15.8 Å². The van der Waals surface area contributed by atoms with Gasteiger partial charge in [0, 0.05) is 17.4 Å². The Labute approximate surface area is 145 Å². The molecule has 1 atom stereocenters. The first-order valence-corrected chi connectivity index (χ1v) is 8.17. The van der Waals surface area contributed by atoms with Crippen LogP contribution in [0.3, 0.4) is 0 Å². The summed E-state index contributed by atoms with van der Waals surface area (Å²) in [5.74, 6) is 1.18. The van der Waals surface area contributed by atoms with E-state index in [0.717, 1.165) is 16.6 Å². The predicted octanol–water partition coefficient (Wildman–Crippen LogP) is 5.16. The van der Waals surface area contributed by atoms with Crippen molar-refractivity contribution in [2.24, 2.45) is 0 Å². The zero-order valence-corrected chi connectivity index (χ0v) is 14.2. The maximum absolute atomic E-state index is 11.8. The SMILES string of the molecule is CCC(=O)C(C)c1ccc(Oc2cnc3cc(Cl)ccc3n2)cc1. The average molecular weight is 341 g/mol. The highest BCUT2D eigenvalue weighted by Crippen LogP contribution is 2.25. The first-order chi connectivity index (χ1) is 11.6. The molecule has 0 aliphatic rings. The van der Waals surface area contributed by atoms with Gasteiger partial charge < -0.3 is 4.74 Å². The summed E-state index contributed by atoms with van der Waals surface area (Å²) in [5, 5.41) is 0.622. The van der Waals surface area contributed by atoms with Crippen LogP contribution in [0.5, 0.6) is 11.6 Å². The molecule has 122 valence electrons. The maximum Gasteiger partial charge on any atom is 0.238 e. The zero-order chi connectivity index (χ0) is 17.1. The molecule has 24 heavy (non-hydrogen) atoms. The number of aromatic nitrogens is 2. The number of carbonyl (C=O) groups is 1. The molecular formula is C19H17ClN2O2. The van der Waals surface area contributed by atoms with Gasteiger partial charge in [-0.25, -0.2) is 9.97 Å². The number of ether oxygens (including phenoxy) is 1. The predicted molar refractivity (Wildman–Crippen MR) is 94.8 cm³/mol. The lowest BCUT2D eigenvalue weighted by atomic mass is 9.95. The minimum Gasteiger partial charge on any atom is -0.437 e. The molecule has 0 N–H and O–H groups in total. The monoisotopic (exact) mass is 340 g/mol. The Morgan fingerprint density at radius 3 is 2.62 bits per heavy atom. The second-order valence-corrected chi connectivity index (χ2v) is 5.99. The van der Waals surface area contributed by atoms with Gasteiger partial charge in [0.15, 0.2) is 0 Å². The number of ketones is 1. The summed E-state index contributed by atoms with van der Waals surface area (Å²) in [4.78, 5) is 20.5. The molecule has 5 heteroatoms. The molecule has 1 unspecified atom stereocenters. The van der Waals surface area contributed by atoms with Gasteiger partial charge in [0.2, 0.25) is 5.88 Å². The molecule has 0 saturated carbocycles. The highest BCUT2D eigenvalue weighted by Gasteiger charge is 2.13. The summed E-state index contributed by atoms with van der Waals surface area (Å²) < 4.78 is 5.75. The smallest absolute Gasteiger partial charge is 0.238 e. The number of halogens is 1. The van der Waals surface area contributed by atoms with Crippen LogP contribution < -0.4 is 4.74 Å². The molecular weight excluding hydrogens is 324 g/mol. The molecule has 0 radical (unpaired) electrons. The second-order valence-electron chi connectivity index (χ2n) is 5.55. The lowest BCUT2D eigenvalue weighted by molar-refractivity contribution is -0.119. The molecule has 2 aromatic carbocycles. The highest BCUT2D eigenvalue weighted by molar-refractivity contribution is 6.31. The van der Waals surface area contributed by atoms with E-state index in [4.69, 9.17) is 16.3 Å². The Morgan fingerprint density at radius 2 is 1.92 bits per heavy atom. The molecule has 0 aliphatic carbocycles. The summed E-state index contributed by atoms with van der Waals surface area (Å²) in [7, 11) is 0. The van der Waals surface area contributed by atoms with Crippen molar-refractivity contribution < 1.29 is 9.53 Å². The van der Waals surface area contributed by atoms with Crippen LogP contribution in [0.4, 0.5) is 0 Å². The highest BCUT2D eigenvalue weighted by atomic mass is 35.5. The van der Waals surface area contributed by atoms with Crippen molar-refractivity contribution in [2.75, 3.05) is 0 Å². The van der Waals surface area contributed by atoms with Crippen molar-refractivity contribution >= 4 is 28.4 Å². The molecule has 0 spiro atoms. The molecule has 3 rings (SSSR count). The van der Waals surface area contributed by atoms with E-state index in [1.807, 2.05) is 38.1 Å². The van der Waals surface area contributed by atoms with Crippen molar-refractivity contribution in [3.05, 3.63) is 59.2 Å². The number of nitrogens with zero attached hydrogens (tertiary/aromatic N) is 2. The summed E-state index contributed by atoms with van der Waals surface area (Å²) >= 11 is 5.94. The van der Waals surface area contributed by atoms with Crippen molar-refractivity contribution in [2.45, 2.75) is 26.2 Å². The van der Waals surface area contributed by atoms with Crippen LogP contribution >= 0.6 is 11.6 Å². The van der Waals surface area contributed by atoms with Gasteiger partial charge in [-0.05, 0) is 35.9 Å². The van der Waals surface area contributed by atoms with Gasteiger partial charge in [0.25, 0.3) is 0 Å². The van der Waals surface area contributed by atoms with E-state index in [0.29, 0.717) is 23.1 Å². The zero-order valence-electron chi connectivity index (χ0n) is 13.5. The molecule has 0 saturated heterocycles. The van der Waals surface area contributed by atoms with Gasteiger partial charge in [0.1, 0.15) is 11.5 Å². The minimum atomic E-state index is -0.103. The Bertz CT molecular complexity index is 878. The summed E-state index contributed by atoms with van der Waals surface area (Å²) in [6.07, 6.45) is 2.10. The molecule has 0 fully saturated rings. The van der Waals surface area contributed by atoms with E-state index in [9.17, 15) is 4.79 Å². The Balaban J connectivity index is 1.78. The molecule has 0 amide bonds. The van der Waals surface area contributed by atoms with Crippen molar-refractivity contribution in [3.8, 4) is 11.6 Å². The van der Waals surface area contributed by atoms with E-state index in [1.165, 1.54) is 0 Å². The Hall–Kier alpha value is -2.46. The molecule has 0 aliphatic heterocycles. The van der Waals surface area contributed by atoms with Crippen LogP contribution in [0.2, 0.25) is 5.02 Å². The maximum atomic E-state index is 11.8. The van der Waals surface area contributed by atoms with Gasteiger partial charge in [0.05, 0.1) is 17.2 Å². The summed E-state index contributed by atoms with van der Waals surface area (Å²) in [6.45, 7) is 3.80. The van der Waals surface area contributed by atoms with Gasteiger partial charge >= 0.3 is 0 Å². The number of benzene rings is 2. The number of hydrogen-bond donors (Lipinski definition) is 0. The van der Waals surface area contributed by atoms with E-state index < -0.39 is 0 Å². The molecule has 1 heterocycles. The minimum absolute atomic E-state index is 0.103. The van der Waals surface area contributed by atoms with E-state index in [1.54, 1.807) is 24.4 Å². The van der Waals surface area contributed by atoms with Gasteiger partial charge in [-0.1, -0.05) is 37.6 Å². The first kappa shape index (κ1) is 16.4. The lowest BCUT2D eigenvalue weighted by Crippen LogP contribution is -2.07. The van der Waals surface area contributed by atoms with Crippen LogP contribution in [0.25, 0.3) is 11.0 Å². The first-order valence-electron chi connectivity index (χ1n) is 7.79. The fraction of sp³-hybridized carbons (Fsp3) is 0.211. The number of carbonyl (C=O) groups excluding carboxylic acids is 1. The third-order valence-corrected chi connectivity index (χ3v) is 4.15. The van der Waals surface area contributed by atoms with E-state index in [2.05, 4.69) is 9.97 Å². The van der Waals surface area contributed by atoms with Crippen LogP contribution in [0.1, 0.15) is 31.7 Å². The Morgan fingerprint density at radius 1 is 1.17 bits per heavy atom. The summed E-state index contributed by atoms with van der Waals surface area (Å²) in [6, 6.07) is 12.8. The van der Waals surface area contributed by atoms with Gasteiger partial charge in [-0.3, -0.25) is 4.79 Å². The average Bonchev–Trinajstić information content (AvgIpc) is 2.61. The van der Waals surface area contributed by atoms with Crippen LogP contribution in [0, 0.1) is 0 Å².